The molecule has 2 N–H and O–H groups in total. The maximum absolute atomic E-state index is 6.22. The van der Waals surface area contributed by atoms with E-state index >= 15 is 0 Å². The van der Waals surface area contributed by atoms with Crippen LogP contribution in [0.4, 0.5) is 0 Å². The molecule has 2 rings (SSSR count). The molecule has 0 aliphatic heterocycles. The zero-order valence-electron chi connectivity index (χ0n) is 12.4. The topological polar surface area (TPSA) is 26.0 Å². The average molecular weight is 269 g/mol. The lowest BCUT2D eigenvalue weighted by atomic mass is 9.96. The molecule has 0 saturated carbocycles. The quantitative estimate of drug-likeness (QED) is 0.722. The third-order valence-electron chi connectivity index (χ3n) is 4.06. The van der Waals surface area contributed by atoms with Crippen LogP contribution < -0.4 is 5.73 Å². The fourth-order valence-electron chi connectivity index (χ4n) is 2.81. The third-order valence-corrected chi connectivity index (χ3v) is 4.06. The fraction of sp³-hybridized carbons (Fsp3) is 0.474. The molecule has 0 amide bonds. The first-order valence-electron chi connectivity index (χ1n) is 7.98. The second-order valence-electron chi connectivity index (χ2n) is 5.82. The molecule has 0 aromatic heterocycles. The van der Waals surface area contributed by atoms with Crippen LogP contribution in [0.5, 0.6) is 0 Å². The predicted octanol–water partition coefficient (Wildman–Crippen LogP) is 4.78. The summed E-state index contributed by atoms with van der Waals surface area (Å²) in [7, 11) is 0. The highest BCUT2D eigenvalue weighted by atomic mass is 14.6. The van der Waals surface area contributed by atoms with Gasteiger partial charge in [0.05, 0.1) is 0 Å². The van der Waals surface area contributed by atoms with E-state index in [4.69, 9.17) is 5.73 Å². The van der Waals surface area contributed by atoms with Crippen LogP contribution in [-0.4, -0.2) is 6.04 Å². The molecular formula is C19H27N. The molecule has 0 fully saturated rings. The summed E-state index contributed by atoms with van der Waals surface area (Å²) < 4.78 is 0. The zero-order chi connectivity index (χ0) is 14.0. The van der Waals surface area contributed by atoms with Crippen molar-refractivity contribution < 1.29 is 0 Å². The van der Waals surface area contributed by atoms with Crippen molar-refractivity contribution >= 4 is 0 Å². The first-order chi connectivity index (χ1) is 9.84. The van der Waals surface area contributed by atoms with Crippen molar-refractivity contribution in [2.45, 2.75) is 57.4 Å². The molecule has 1 aromatic carbocycles. The Bertz CT molecular complexity index is 430. The molecule has 0 spiro atoms. The van der Waals surface area contributed by atoms with Gasteiger partial charge < -0.3 is 5.73 Å². The average Bonchev–Trinajstić information content (AvgIpc) is 2.49. The Balaban J connectivity index is 1.55. The van der Waals surface area contributed by atoms with Crippen LogP contribution in [0.25, 0.3) is 0 Å². The minimum atomic E-state index is 0.374. The van der Waals surface area contributed by atoms with Gasteiger partial charge in [-0.2, -0.15) is 0 Å². The van der Waals surface area contributed by atoms with Crippen molar-refractivity contribution in [3.05, 3.63) is 59.7 Å². The molecule has 1 atom stereocenters. The Labute approximate surface area is 123 Å². The van der Waals surface area contributed by atoms with Gasteiger partial charge in [-0.25, -0.2) is 0 Å². The van der Waals surface area contributed by atoms with Crippen LogP contribution in [0.15, 0.2) is 54.1 Å². The molecule has 108 valence electrons. The second-order valence-corrected chi connectivity index (χ2v) is 5.82. The van der Waals surface area contributed by atoms with Crippen LogP contribution in [0.2, 0.25) is 0 Å². The van der Waals surface area contributed by atoms with Gasteiger partial charge in [0.15, 0.2) is 0 Å². The van der Waals surface area contributed by atoms with Crippen molar-refractivity contribution in [3.63, 3.8) is 0 Å². The van der Waals surface area contributed by atoms with Crippen molar-refractivity contribution in [3.8, 4) is 0 Å². The van der Waals surface area contributed by atoms with Crippen molar-refractivity contribution in [1.82, 2.24) is 0 Å². The van der Waals surface area contributed by atoms with Crippen LogP contribution in [0.3, 0.4) is 0 Å². The number of hydrogen-bond acceptors (Lipinski definition) is 1. The highest BCUT2D eigenvalue weighted by molar-refractivity contribution is 5.17. The van der Waals surface area contributed by atoms with E-state index in [1.165, 1.54) is 37.7 Å². The first kappa shape index (κ1) is 15.1. The van der Waals surface area contributed by atoms with Crippen LogP contribution in [0, 0.1) is 0 Å². The lowest BCUT2D eigenvalue weighted by molar-refractivity contribution is 0.524. The smallest absolute Gasteiger partial charge is 0.00390 e. The molecule has 1 aliphatic carbocycles. The van der Waals surface area contributed by atoms with E-state index in [0.717, 1.165) is 19.3 Å². The lowest BCUT2D eigenvalue weighted by Gasteiger charge is -2.13. The summed E-state index contributed by atoms with van der Waals surface area (Å²) in [4.78, 5) is 0. The molecule has 0 saturated heterocycles. The molecule has 20 heavy (non-hydrogen) atoms. The summed E-state index contributed by atoms with van der Waals surface area (Å²) in [5, 5.41) is 0. The summed E-state index contributed by atoms with van der Waals surface area (Å²) in [6.07, 6.45) is 16.3. The molecule has 1 aromatic rings. The fourth-order valence-corrected chi connectivity index (χ4v) is 2.81. The normalized spacial score (nSPS) is 15.9. The van der Waals surface area contributed by atoms with E-state index in [1.54, 1.807) is 5.57 Å². The predicted molar refractivity (Wildman–Crippen MR) is 87.7 cm³/mol. The van der Waals surface area contributed by atoms with E-state index in [9.17, 15) is 0 Å². The Morgan fingerprint density at radius 3 is 2.45 bits per heavy atom. The van der Waals surface area contributed by atoms with E-state index in [1.807, 2.05) is 0 Å². The lowest BCUT2D eigenvalue weighted by Crippen LogP contribution is -2.19. The van der Waals surface area contributed by atoms with Gasteiger partial charge in [0.2, 0.25) is 0 Å². The summed E-state index contributed by atoms with van der Waals surface area (Å²) in [6, 6.07) is 11.1. The van der Waals surface area contributed by atoms with Crippen LogP contribution >= 0.6 is 0 Å². The SMILES string of the molecule is NC(CCCC1=CC=CCC1)CCCc1ccccc1. The summed E-state index contributed by atoms with van der Waals surface area (Å²) in [5.41, 5.74) is 9.25. The van der Waals surface area contributed by atoms with E-state index in [-0.39, 0.29) is 0 Å². The molecule has 0 bridgehead atoms. The molecule has 1 nitrogen and oxygen atoms in total. The van der Waals surface area contributed by atoms with Crippen molar-refractivity contribution in [2.75, 3.05) is 0 Å². The highest BCUT2D eigenvalue weighted by Crippen LogP contribution is 2.19. The molecular weight excluding hydrogens is 242 g/mol. The second kappa shape index (κ2) is 8.76. The van der Waals surface area contributed by atoms with Gasteiger partial charge in [-0.15, -0.1) is 0 Å². The Morgan fingerprint density at radius 2 is 1.75 bits per heavy atom. The highest BCUT2D eigenvalue weighted by Gasteiger charge is 2.05. The Kier molecular flexibility index (Phi) is 6.59. The van der Waals surface area contributed by atoms with Crippen LogP contribution in [0.1, 0.15) is 50.5 Å². The molecule has 1 heteroatoms. The van der Waals surface area contributed by atoms with E-state index in [2.05, 4.69) is 48.6 Å². The third kappa shape index (κ3) is 5.75. The van der Waals surface area contributed by atoms with Gasteiger partial charge in [-0.3, -0.25) is 0 Å². The molecule has 0 heterocycles. The summed E-state index contributed by atoms with van der Waals surface area (Å²) in [6.45, 7) is 0. The van der Waals surface area contributed by atoms with Gasteiger partial charge in [0, 0.05) is 6.04 Å². The molecule has 1 aliphatic rings. The maximum Gasteiger partial charge on any atom is 0.00390 e. The van der Waals surface area contributed by atoms with Gasteiger partial charge in [-0.05, 0) is 56.9 Å². The number of allylic oxidation sites excluding steroid dienone is 4. The van der Waals surface area contributed by atoms with E-state index < -0.39 is 0 Å². The summed E-state index contributed by atoms with van der Waals surface area (Å²) >= 11 is 0. The number of nitrogens with two attached hydrogens (primary N) is 1. The van der Waals surface area contributed by atoms with Gasteiger partial charge >= 0.3 is 0 Å². The Morgan fingerprint density at radius 1 is 1.00 bits per heavy atom. The van der Waals surface area contributed by atoms with Gasteiger partial charge in [0.25, 0.3) is 0 Å². The number of benzene rings is 1. The minimum absolute atomic E-state index is 0.374. The van der Waals surface area contributed by atoms with Crippen LogP contribution in [-0.2, 0) is 6.42 Å². The zero-order valence-corrected chi connectivity index (χ0v) is 12.4. The minimum Gasteiger partial charge on any atom is -0.328 e. The largest absolute Gasteiger partial charge is 0.328 e. The Hall–Kier alpha value is -1.34. The van der Waals surface area contributed by atoms with Gasteiger partial charge in [-0.1, -0.05) is 54.1 Å². The van der Waals surface area contributed by atoms with Gasteiger partial charge in [0.1, 0.15) is 0 Å². The maximum atomic E-state index is 6.22. The standard InChI is InChI=1S/C19H27N/c20-19(15-7-13-17-9-3-1-4-10-17)16-8-14-18-11-5-2-6-12-18/h1-5,9-11,19H,6-8,12-16,20H2. The first-order valence-corrected chi connectivity index (χ1v) is 7.98. The number of rotatable bonds is 8. The number of aryl methyl sites for hydroxylation is 1. The monoisotopic (exact) mass is 269 g/mol. The summed E-state index contributed by atoms with van der Waals surface area (Å²) in [5.74, 6) is 0. The molecule has 0 radical (unpaired) electrons. The number of hydrogen-bond donors (Lipinski definition) is 1. The van der Waals surface area contributed by atoms with Crippen molar-refractivity contribution in [2.24, 2.45) is 5.73 Å². The van der Waals surface area contributed by atoms with Crippen molar-refractivity contribution in [1.29, 1.82) is 0 Å². The van der Waals surface area contributed by atoms with E-state index in [0.29, 0.717) is 6.04 Å². The molecule has 1 unspecified atom stereocenters.